The van der Waals surface area contributed by atoms with Crippen LogP contribution in [0.4, 0.5) is 11.5 Å². The maximum absolute atomic E-state index is 11.6. The van der Waals surface area contributed by atoms with Gasteiger partial charge in [0.1, 0.15) is 5.82 Å². The smallest absolute Gasteiger partial charge is 0.252 e. The van der Waals surface area contributed by atoms with E-state index in [9.17, 15) is 4.79 Å². The summed E-state index contributed by atoms with van der Waals surface area (Å²) in [5, 5.41) is 0. The zero-order chi connectivity index (χ0) is 14.0. The highest BCUT2D eigenvalue weighted by atomic mass is 16.1. The monoisotopic (exact) mass is 263 g/mol. The van der Waals surface area contributed by atoms with Gasteiger partial charge in [-0.2, -0.15) is 0 Å². The van der Waals surface area contributed by atoms with E-state index in [-0.39, 0.29) is 6.04 Å². The van der Waals surface area contributed by atoms with Crippen molar-refractivity contribution < 1.29 is 4.79 Å². The lowest BCUT2D eigenvalue weighted by atomic mass is 10.2. The Kier molecular flexibility index (Phi) is 3.90. The molecule has 0 aromatic carbocycles. The Morgan fingerprint density at radius 1 is 1.47 bits per heavy atom. The maximum atomic E-state index is 11.6. The number of aromatic nitrogens is 1. The Morgan fingerprint density at radius 3 is 2.89 bits per heavy atom. The third-order valence-corrected chi connectivity index (χ3v) is 3.47. The minimum atomic E-state index is -0.486. The van der Waals surface area contributed by atoms with E-state index in [4.69, 9.17) is 11.5 Å². The Morgan fingerprint density at radius 2 is 2.21 bits per heavy atom. The molecule has 1 fully saturated rings. The number of nitrogens with two attached hydrogens (primary N) is 2. The molecular formula is C13H21N5O. The van der Waals surface area contributed by atoms with Crippen molar-refractivity contribution in [2.45, 2.75) is 19.4 Å². The van der Waals surface area contributed by atoms with Crippen molar-refractivity contribution in [1.29, 1.82) is 0 Å². The second kappa shape index (κ2) is 5.44. The van der Waals surface area contributed by atoms with Gasteiger partial charge in [0.2, 0.25) is 0 Å². The van der Waals surface area contributed by atoms with Crippen LogP contribution in [0, 0.1) is 0 Å². The van der Waals surface area contributed by atoms with E-state index < -0.39 is 5.91 Å². The van der Waals surface area contributed by atoms with Crippen molar-refractivity contribution in [2.24, 2.45) is 5.73 Å². The summed E-state index contributed by atoms with van der Waals surface area (Å²) in [4.78, 5) is 20.3. The van der Waals surface area contributed by atoms with Crippen LogP contribution in [0.3, 0.4) is 0 Å². The fraction of sp³-hybridized carbons (Fsp3) is 0.538. The number of anilines is 2. The molecule has 1 aliphatic rings. The number of nitrogens with zero attached hydrogens (tertiary/aromatic N) is 3. The molecule has 19 heavy (non-hydrogen) atoms. The van der Waals surface area contributed by atoms with E-state index in [1.807, 2.05) is 0 Å². The van der Waals surface area contributed by atoms with Crippen molar-refractivity contribution in [2.75, 3.05) is 37.3 Å². The van der Waals surface area contributed by atoms with Crippen LogP contribution in [0.15, 0.2) is 12.3 Å². The number of amides is 1. The van der Waals surface area contributed by atoms with Gasteiger partial charge in [-0.25, -0.2) is 4.98 Å². The number of nitrogen functional groups attached to an aromatic ring is 1. The predicted octanol–water partition coefficient (Wildman–Crippen LogP) is 0.293. The largest absolute Gasteiger partial charge is 0.397 e. The van der Waals surface area contributed by atoms with Crippen molar-refractivity contribution in [3.05, 3.63) is 17.8 Å². The number of likely N-dealkylation sites (N-methyl/N-ethyl adjacent to an activating group) is 1. The highest BCUT2D eigenvalue weighted by molar-refractivity contribution is 5.98. The van der Waals surface area contributed by atoms with Crippen LogP contribution < -0.4 is 16.4 Å². The van der Waals surface area contributed by atoms with Crippen molar-refractivity contribution in [1.82, 2.24) is 9.88 Å². The molecule has 0 saturated carbocycles. The fourth-order valence-electron chi connectivity index (χ4n) is 2.57. The topological polar surface area (TPSA) is 88.5 Å². The molecule has 2 heterocycles. The van der Waals surface area contributed by atoms with Gasteiger partial charge in [0, 0.05) is 19.1 Å². The van der Waals surface area contributed by atoms with Gasteiger partial charge in [0.15, 0.2) is 0 Å². The molecule has 1 aliphatic heterocycles. The molecule has 1 saturated heterocycles. The highest BCUT2D eigenvalue weighted by Gasteiger charge is 2.24. The fourth-order valence-corrected chi connectivity index (χ4v) is 2.57. The molecule has 1 unspecified atom stereocenters. The lowest BCUT2D eigenvalue weighted by Crippen LogP contribution is -2.39. The molecule has 1 atom stereocenters. The van der Waals surface area contributed by atoms with Gasteiger partial charge in [-0.1, -0.05) is 0 Å². The van der Waals surface area contributed by atoms with E-state index in [1.165, 1.54) is 0 Å². The lowest BCUT2D eigenvalue weighted by Gasteiger charge is -2.30. The Balaban J connectivity index is 2.37. The highest BCUT2D eigenvalue weighted by Crippen LogP contribution is 2.23. The molecule has 2 rings (SSSR count). The summed E-state index contributed by atoms with van der Waals surface area (Å²) in [7, 11) is 2.10. The zero-order valence-corrected chi connectivity index (χ0v) is 11.5. The minimum Gasteiger partial charge on any atom is -0.397 e. The van der Waals surface area contributed by atoms with Gasteiger partial charge in [0.05, 0.1) is 17.4 Å². The normalized spacial score (nSPS) is 21.2. The van der Waals surface area contributed by atoms with Crippen molar-refractivity contribution in [3.8, 4) is 0 Å². The molecule has 6 nitrogen and oxygen atoms in total. The van der Waals surface area contributed by atoms with Gasteiger partial charge >= 0.3 is 0 Å². The number of carbonyl (C=O) groups excluding carboxylic acids is 1. The van der Waals surface area contributed by atoms with Crippen molar-refractivity contribution >= 4 is 17.4 Å². The van der Waals surface area contributed by atoms with E-state index in [0.717, 1.165) is 26.1 Å². The summed E-state index contributed by atoms with van der Waals surface area (Å²) < 4.78 is 0. The number of pyridine rings is 1. The number of rotatable bonds is 2. The van der Waals surface area contributed by atoms with Gasteiger partial charge in [-0.05, 0) is 33.0 Å². The minimum absolute atomic E-state index is 0.279. The Hall–Kier alpha value is -1.82. The summed E-state index contributed by atoms with van der Waals surface area (Å²) in [6.07, 6.45) is 2.61. The third-order valence-electron chi connectivity index (χ3n) is 3.47. The standard InChI is InChI=1S/C13H21N5O/c1-9-8-17(2)4-3-5-18(9)13-11(12(15)19)6-10(14)7-16-13/h6-7,9H,3-5,8,14H2,1-2H3,(H2,15,19). The molecule has 0 spiro atoms. The van der Waals surface area contributed by atoms with Gasteiger partial charge in [-0.15, -0.1) is 0 Å². The maximum Gasteiger partial charge on any atom is 0.252 e. The number of hydrogen-bond acceptors (Lipinski definition) is 5. The molecule has 6 heteroatoms. The average molecular weight is 263 g/mol. The molecular weight excluding hydrogens is 242 g/mol. The van der Waals surface area contributed by atoms with Crippen LogP contribution in [0.25, 0.3) is 0 Å². The first-order valence-corrected chi connectivity index (χ1v) is 6.49. The van der Waals surface area contributed by atoms with Gasteiger partial charge in [-0.3, -0.25) is 4.79 Å². The second-order valence-electron chi connectivity index (χ2n) is 5.16. The number of hydrogen-bond donors (Lipinski definition) is 2. The molecule has 104 valence electrons. The zero-order valence-electron chi connectivity index (χ0n) is 11.5. The van der Waals surface area contributed by atoms with Crippen molar-refractivity contribution in [3.63, 3.8) is 0 Å². The van der Waals surface area contributed by atoms with Gasteiger partial charge in [0.25, 0.3) is 5.91 Å². The first-order chi connectivity index (χ1) is 8.99. The Labute approximate surface area is 113 Å². The molecule has 0 aliphatic carbocycles. The average Bonchev–Trinajstić information content (AvgIpc) is 2.50. The summed E-state index contributed by atoms with van der Waals surface area (Å²) in [6, 6.07) is 1.88. The van der Waals surface area contributed by atoms with Crippen LogP contribution in [0.2, 0.25) is 0 Å². The molecule has 0 radical (unpaired) electrons. The van der Waals surface area contributed by atoms with Crippen LogP contribution in [0.5, 0.6) is 0 Å². The third kappa shape index (κ3) is 2.96. The Bertz CT molecular complexity index is 476. The second-order valence-corrected chi connectivity index (χ2v) is 5.16. The van der Waals surface area contributed by atoms with Crippen LogP contribution in [-0.4, -0.2) is 48.5 Å². The van der Waals surface area contributed by atoms with E-state index >= 15 is 0 Å². The predicted molar refractivity (Wildman–Crippen MR) is 76.1 cm³/mol. The summed E-state index contributed by atoms with van der Waals surface area (Å²) >= 11 is 0. The van der Waals surface area contributed by atoms with E-state index in [1.54, 1.807) is 12.3 Å². The molecule has 1 amide bonds. The number of primary amides is 1. The SMILES string of the molecule is CC1CN(C)CCCN1c1ncc(N)cc1C(N)=O. The first-order valence-electron chi connectivity index (χ1n) is 6.49. The lowest BCUT2D eigenvalue weighted by molar-refractivity contribution is 0.100. The molecule has 1 aromatic heterocycles. The first kappa shape index (κ1) is 13.6. The summed E-state index contributed by atoms with van der Waals surface area (Å²) in [5.74, 6) is 0.157. The van der Waals surface area contributed by atoms with E-state index in [0.29, 0.717) is 17.1 Å². The molecule has 4 N–H and O–H groups in total. The summed E-state index contributed by atoms with van der Waals surface area (Å²) in [6.45, 7) is 4.97. The number of carbonyl (C=O) groups is 1. The van der Waals surface area contributed by atoms with E-state index in [2.05, 4.69) is 28.8 Å². The van der Waals surface area contributed by atoms with Gasteiger partial charge < -0.3 is 21.3 Å². The summed E-state index contributed by atoms with van der Waals surface area (Å²) in [5.41, 5.74) is 12.0. The van der Waals surface area contributed by atoms with Crippen LogP contribution in [-0.2, 0) is 0 Å². The molecule has 0 bridgehead atoms. The quantitative estimate of drug-likeness (QED) is 0.801. The van der Waals surface area contributed by atoms with Crippen LogP contribution in [0.1, 0.15) is 23.7 Å². The van der Waals surface area contributed by atoms with Crippen LogP contribution >= 0.6 is 0 Å². The molecule has 1 aromatic rings.